The Balaban J connectivity index is 1.93. The van der Waals surface area contributed by atoms with E-state index >= 15 is 0 Å². The van der Waals surface area contributed by atoms with Crippen LogP contribution >= 0.6 is 0 Å². The Morgan fingerprint density at radius 2 is 2.12 bits per heavy atom. The SMILES string of the molecule is CCC1CC(NC(C)=O)CN(C(C)C2CC2)C1. The maximum atomic E-state index is 11.2. The van der Waals surface area contributed by atoms with Gasteiger partial charge in [0.15, 0.2) is 0 Å². The Hall–Kier alpha value is -0.570. The van der Waals surface area contributed by atoms with Gasteiger partial charge >= 0.3 is 0 Å². The summed E-state index contributed by atoms with van der Waals surface area (Å²) >= 11 is 0. The maximum absolute atomic E-state index is 11.2. The number of nitrogens with zero attached hydrogens (tertiary/aromatic N) is 1. The minimum absolute atomic E-state index is 0.116. The van der Waals surface area contributed by atoms with Crippen LogP contribution in [-0.2, 0) is 4.79 Å². The number of nitrogens with one attached hydrogen (secondary N) is 1. The van der Waals surface area contributed by atoms with Crippen molar-refractivity contribution >= 4 is 5.91 Å². The predicted molar refractivity (Wildman–Crippen MR) is 69.8 cm³/mol. The van der Waals surface area contributed by atoms with Crippen molar-refractivity contribution in [3.63, 3.8) is 0 Å². The lowest BCUT2D eigenvalue weighted by molar-refractivity contribution is -0.120. The van der Waals surface area contributed by atoms with Gasteiger partial charge in [0.25, 0.3) is 0 Å². The quantitative estimate of drug-likeness (QED) is 0.812. The lowest BCUT2D eigenvalue weighted by atomic mass is 9.90. The molecule has 0 bridgehead atoms. The topological polar surface area (TPSA) is 32.3 Å². The molecule has 0 aromatic carbocycles. The van der Waals surface area contributed by atoms with Crippen molar-refractivity contribution in [3.05, 3.63) is 0 Å². The van der Waals surface area contributed by atoms with Gasteiger partial charge in [-0.3, -0.25) is 9.69 Å². The van der Waals surface area contributed by atoms with E-state index in [1.807, 2.05) is 0 Å². The van der Waals surface area contributed by atoms with Gasteiger partial charge in [0.2, 0.25) is 5.91 Å². The number of piperidine rings is 1. The molecule has 1 saturated carbocycles. The minimum atomic E-state index is 0.116. The number of carbonyl (C=O) groups excluding carboxylic acids is 1. The average Bonchev–Trinajstić information content (AvgIpc) is 3.10. The first kappa shape index (κ1) is 12.9. The van der Waals surface area contributed by atoms with E-state index in [2.05, 4.69) is 24.1 Å². The first-order valence-electron chi connectivity index (χ1n) is 7.11. The van der Waals surface area contributed by atoms with E-state index in [-0.39, 0.29) is 5.91 Å². The maximum Gasteiger partial charge on any atom is 0.217 e. The van der Waals surface area contributed by atoms with Gasteiger partial charge in [-0.25, -0.2) is 0 Å². The molecule has 2 fully saturated rings. The zero-order valence-electron chi connectivity index (χ0n) is 11.4. The van der Waals surface area contributed by atoms with Crippen molar-refractivity contribution in [1.82, 2.24) is 10.2 Å². The Kier molecular flexibility index (Phi) is 4.08. The summed E-state index contributed by atoms with van der Waals surface area (Å²) in [4.78, 5) is 13.8. The second-order valence-electron chi connectivity index (χ2n) is 5.94. The van der Waals surface area contributed by atoms with E-state index in [4.69, 9.17) is 0 Å². The number of likely N-dealkylation sites (tertiary alicyclic amines) is 1. The van der Waals surface area contributed by atoms with E-state index in [0.717, 1.165) is 24.8 Å². The van der Waals surface area contributed by atoms with Crippen LogP contribution < -0.4 is 5.32 Å². The summed E-state index contributed by atoms with van der Waals surface area (Å²) < 4.78 is 0. The summed E-state index contributed by atoms with van der Waals surface area (Å²) in [7, 11) is 0. The molecule has 3 unspecified atom stereocenters. The van der Waals surface area contributed by atoms with Crippen molar-refractivity contribution in [2.24, 2.45) is 11.8 Å². The van der Waals surface area contributed by atoms with Gasteiger partial charge in [-0.2, -0.15) is 0 Å². The molecule has 1 amide bonds. The third-order valence-corrected chi connectivity index (χ3v) is 4.43. The van der Waals surface area contributed by atoms with E-state index in [0.29, 0.717) is 12.1 Å². The van der Waals surface area contributed by atoms with Crippen LogP contribution in [0.5, 0.6) is 0 Å². The molecule has 3 atom stereocenters. The van der Waals surface area contributed by atoms with Gasteiger partial charge in [-0.1, -0.05) is 13.3 Å². The van der Waals surface area contributed by atoms with Crippen LogP contribution in [0.1, 0.15) is 46.5 Å². The fourth-order valence-corrected chi connectivity index (χ4v) is 3.14. The molecule has 98 valence electrons. The first-order valence-corrected chi connectivity index (χ1v) is 7.11. The van der Waals surface area contributed by atoms with Gasteiger partial charge < -0.3 is 5.32 Å². The summed E-state index contributed by atoms with van der Waals surface area (Å²) in [5.74, 6) is 1.79. The number of hydrogen-bond acceptors (Lipinski definition) is 2. The lowest BCUT2D eigenvalue weighted by Gasteiger charge is -2.41. The van der Waals surface area contributed by atoms with E-state index in [9.17, 15) is 4.79 Å². The molecule has 3 heteroatoms. The fourth-order valence-electron chi connectivity index (χ4n) is 3.14. The highest BCUT2D eigenvalue weighted by molar-refractivity contribution is 5.73. The molecule has 1 aliphatic heterocycles. The molecule has 3 nitrogen and oxygen atoms in total. The molecule has 0 radical (unpaired) electrons. The van der Waals surface area contributed by atoms with Crippen LogP contribution in [0.4, 0.5) is 0 Å². The molecule has 1 N–H and O–H groups in total. The second-order valence-corrected chi connectivity index (χ2v) is 5.94. The van der Waals surface area contributed by atoms with E-state index in [1.54, 1.807) is 6.92 Å². The van der Waals surface area contributed by atoms with Crippen LogP contribution in [0, 0.1) is 11.8 Å². The van der Waals surface area contributed by atoms with Crippen LogP contribution in [0.15, 0.2) is 0 Å². The third-order valence-electron chi connectivity index (χ3n) is 4.43. The molecular formula is C14H26N2O. The number of carbonyl (C=O) groups is 1. The molecule has 17 heavy (non-hydrogen) atoms. The normalized spacial score (nSPS) is 32.2. The molecule has 1 heterocycles. The second kappa shape index (κ2) is 5.38. The number of hydrogen-bond donors (Lipinski definition) is 1. The van der Waals surface area contributed by atoms with Gasteiger partial charge in [-0.15, -0.1) is 0 Å². The van der Waals surface area contributed by atoms with Crippen LogP contribution in [0.25, 0.3) is 0 Å². The Bertz CT molecular complexity index is 275. The fraction of sp³-hybridized carbons (Fsp3) is 0.929. The summed E-state index contributed by atoms with van der Waals surface area (Å²) in [6.07, 6.45) is 5.19. The van der Waals surface area contributed by atoms with Crippen molar-refractivity contribution < 1.29 is 4.79 Å². The van der Waals surface area contributed by atoms with Gasteiger partial charge in [0.05, 0.1) is 0 Å². The van der Waals surface area contributed by atoms with Crippen LogP contribution in [0.2, 0.25) is 0 Å². The van der Waals surface area contributed by atoms with Gasteiger partial charge in [0.1, 0.15) is 0 Å². The molecule has 2 aliphatic rings. The highest BCUT2D eigenvalue weighted by Gasteiger charge is 2.36. The molecule has 1 saturated heterocycles. The van der Waals surface area contributed by atoms with E-state index < -0.39 is 0 Å². The molecular weight excluding hydrogens is 212 g/mol. The van der Waals surface area contributed by atoms with E-state index in [1.165, 1.54) is 25.8 Å². The van der Waals surface area contributed by atoms with Crippen molar-refractivity contribution in [3.8, 4) is 0 Å². The van der Waals surface area contributed by atoms with Crippen molar-refractivity contribution in [2.45, 2.75) is 58.5 Å². The zero-order valence-corrected chi connectivity index (χ0v) is 11.4. The van der Waals surface area contributed by atoms with Gasteiger partial charge in [0, 0.05) is 32.1 Å². The molecule has 2 rings (SSSR count). The number of amides is 1. The summed E-state index contributed by atoms with van der Waals surface area (Å²) in [6, 6.07) is 1.08. The molecule has 0 aromatic heterocycles. The predicted octanol–water partition coefficient (Wildman–Crippen LogP) is 2.02. The standard InChI is InChI=1S/C14H26N2O/c1-4-12-7-14(15-11(3)17)9-16(8-12)10(2)13-5-6-13/h10,12-14H,4-9H2,1-3H3,(H,15,17). The van der Waals surface area contributed by atoms with Crippen molar-refractivity contribution in [2.75, 3.05) is 13.1 Å². The first-order chi connectivity index (χ1) is 8.10. The third kappa shape index (κ3) is 3.44. The summed E-state index contributed by atoms with van der Waals surface area (Å²) in [5, 5.41) is 3.11. The monoisotopic (exact) mass is 238 g/mol. The lowest BCUT2D eigenvalue weighted by Crippen LogP contribution is -2.53. The van der Waals surface area contributed by atoms with Crippen LogP contribution in [0.3, 0.4) is 0 Å². The minimum Gasteiger partial charge on any atom is -0.352 e. The smallest absolute Gasteiger partial charge is 0.217 e. The number of rotatable bonds is 4. The molecule has 1 aliphatic carbocycles. The molecule has 0 spiro atoms. The van der Waals surface area contributed by atoms with Crippen molar-refractivity contribution in [1.29, 1.82) is 0 Å². The zero-order chi connectivity index (χ0) is 12.4. The average molecular weight is 238 g/mol. The Morgan fingerprint density at radius 1 is 1.41 bits per heavy atom. The highest BCUT2D eigenvalue weighted by atomic mass is 16.1. The van der Waals surface area contributed by atoms with Crippen LogP contribution in [-0.4, -0.2) is 36.0 Å². The largest absolute Gasteiger partial charge is 0.352 e. The Labute approximate surface area is 105 Å². The summed E-state index contributed by atoms with van der Waals surface area (Å²) in [6.45, 7) is 8.53. The Morgan fingerprint density at radius 3 is 2.65 bits per heavy atom. The molecule has 0 aromatic rings. The highest BCUT2D eigenvalue weighted by Crippen LogP contribution is 2.36. The summed E-state index contributed by atoms with van der Waals surface area (Å²) in [5.41, 5.74) is 0. The van der Waals surface area contributed by atoms with Gasteiger partial charge in [-0.05, 0) is 38.0 Å².